The van der Waals surface area contributed by atoms with E-state index < -0.39 is 0 Å². The summed E-state index contributed by atoms with van der Waals surface area (Å²) in [5.74, 6) is 7.74. The summed E-state index contributed by atoms with van der Waals surface area (Å²) in [6, 6.07) is 0. The standard InChI is InChI=1S/C26H36N2S8/c1-25(2,27-21(29)15-19-17(23(27)31)5-9-35-19)7-11-33-13-14-34-12-8-26(3,4)28-22(30)16-20-18(24(28)32)6-10-36-20/h15-18H,5-14H2,1-4H3. The molecule has 2 atom stereocenters. The highest BCUT2D eigenvalue weighted by Gasteiger charge is 2.41. The van der Waals surface area contributed by atoms with Crippen LogP contribution in [0.5, 0.6) is 0 Å². The summed E-state index contributed by atoms with van der Waals surface area (Å²) in [6.07, 6.45) is 8.87. The molecule has 4 heterocycles. The largest absolute Gasteiger partial charge is 0.321 e. The zero-order valence-corrected chi connectivity index (χ0v) is 28.1. The second kappa shape index (κ2) is 12.6. The summed E-state index contributed by atoms with van der Waals surface area (Å²) < 4.78 is 0. The van der Waals surface area contributed by atoms with E-state index in [1.54, 1.807) is 0 Å². The van der Waals surface area contributed by atoms with Crippen molar-refractivity contribution in [1.29, 1.82) is 0 Å². The van der Waals surface area contributed by atoms with E-state index in [1.807, 2.05) is 47.0 Å². The summed E-state index contributed by atoms with van der Waals surface area (Å²) in [4.78, 5) is 11.2. The summed E-state index contributed by atoms with van der Waals surface area (Å²) in [5, 5.41) is 0. The van der Waals surface area contributed by atoms with Gasteiger partial charge in [-0.1, -0.05) is 48.9 Å². The number of thiocarbonyl (C=S) groups is 4. The van der Waals surface area contributed by atoms with E-state index in [9.17, 15) is 0 Å². The third-order valence-electron chi connectivity index (χ3n) is 7.35. The van der Waals surface area contributed by atoms with Gasteiger partial charge in [0.1, 0.15) is 9.98 Å². The van der Waals surface area contributed by atoms with E-state index >= 15 is 0 Å². The van der Waals surface area contributed by atoms with Crippen molar-refractivity contribution in [3.63, 3.8) is 0 Å². The molecule has 2 nitrogen and oxygen atoms in total. The van der Waals surface area contributed by atoms with Crippen molar-refractivity contribution in [2.24, 2.45) is 11.8 Å². The number of nitrogens with zero attached hydrogens (tertiary/aromatic N) is 2. The molecule has 10 heteroatoms. The third-order valence-corrected chi connectivity index (χ3v) is 13.5. The van der Waals surface area contributed by atoms with Crippen LogP contribution in [0.25, 0.3) is 0 Å². The van der Waals surface area contributed by atoms with Crippen LogP contribution in [0.4, 0.5) is 0 Å². The molecule has 0 bridgehead atoms. The fourth-order valence-electron chi connectivity index (χ4n) is 5.13. The Kier molecular flexibility index (Phi) is 10.4. The molecule has 4 rings (SSSR count). The van der Waals surface area contributed by atoms with E-state index in [-0.39, 0.29) is 11.1 Å². The highest BCUT2D eigenvalue weighted by molar-refractivity contribution is 8.04. The molecule has 0 aromatic rings. The SMILES string of the molecule is CC(C)(CCSCCSCCC(C)(C)N1C(=S)C=C2SCCC2C1=S)N1C(=S)C=C2SCCC2C1=S. The molecular weight excluding hydrogens is 597 g/mol. The first-order valence-electron chi connectivity index (χ1n) is 12.6. The normalized spacial score (nSPS) is 24.8. The van der Waals surface area contributed by atoms with Gasteiger partial charge in [-0.3, -0.25) is 0 Å². The van der Waals surface area contributed by atoms with Crippen LogP contribution in [0.15, 0.2) is 22.0 Å². The Morgan fingerprint density at radius 3 is 1.50 bits per heavy atom. The molecule has 0 radical (unpaired) electrons. The molecule has 36 heavy (non-hydrogen) atoms. The zero-order valence-electron chi connectivity index (χ0n) is 21.5. The first-order chi connectivity index (χ1) is 17.0. The van der Waals surface area contributed by atoms with Crippen LogP contribution in [0, 0.1) is 11.8 Å². The lowest BCUT2D eigenvalue weighted by Gasteiger charge is -2.44. The van der Waals surface area contributed by atoms with E-state index in [4.69, 9.17) is 48.9 Å². The monoisotopic (exact) mass is 632 g/mol. The predicted octanol–water partition coefficient (Wildman–Crippen LogP) is 8.01. The van der Waals surface area contributed by atoms with Crippen LogP contribution < -0.4 is 0 Å². The smallest absolute Gasteiger partial charge is 0.108 e. The number of fused-ring (bicyclic) bond motifs is 2. The van der Waals surface area contributed by atoms with Gasteiger partial charge >= 0.3 is 0 Å². The minimum Gasteiger partial charge on any atom is -0.321 e. The Balaban J connectivity index is 1.15. The van der Waals surface area contributed by atoms with Crippen LogP contribution in [0.2, 0.25) is 0 Å². The van der Waals surface area contributed by atoms with Gasteiger partial charge in [0, 0.05) is 34.4 Å². The fourth-order valence-corrected chi connectivity index (χ4v) is 12.7. The maximum atomic E-state index is 5.90. The highest BCUT2D eigenvalue weighted by Crippen LogP contribution is 2.44. The summed E-state index contributed by atoms with van der Waals surface area (Å²) in [5.41, 5.74) is -0.0733. The number of rotatable bonds is 11. The lowest BCUT2D eigenvalue weighted by atomic mass is 9.93. The molecular formula is C26H36N2S8. The maximum Gasteiger partial charge on any atom is 0.108 e. The Morgan fingerprint density at radius 1 is 0.722 bits per heavy atom. The molecule has 0 aliphatic carbocycles. The van der Waals surface area contributed by atoms with Crippen LogP contribution in [0.1, 0.15) is 53.4 Å². The van der Waals surface area contributed by atoms with Gasteiger partial charge < -0.3 is 9.80 Å². The lowest BCUT2D eigenvalue weighted by molar-refractivity contribution is 0.300. The summed E-state index contributed by atoms with van der Waals surface area (Å²) in [7, 11) is 0. The molecule has 2 saturated heterocycles. The fraction of sp³-hybridized carbons (Fsp3) is 0.692. The van der Waals surface area contributed by atoms with Gasteiger partial charge in [0.2, 0.25) is 0 Å². The summed E-state index contributed by atoms with van der Waals surface area (Å²) >= 11 is 31.3. The summed E-state index contributed by atoms with van der Waals surface area (Å²) in [6.45, 7) is 9.17. The maximum absolute atomic E-state index is 5.90. The van der Waals surface area contributed by atoms with Crippen molar-refractivity contribution in [1.82, 2.24) is 9.80 Å². The average molecular weight is 633 g/mol. The molecule has 0 spiro atoms. The molecule has 0 N–H and O–H groups in total. The van der Waals surface area contributed by atoms with Crippen molar-refractivity contribution in [3.8, 4) is 0 Å². The third kappa shape index (κ3) is 6.58. The Bertz CT molecular complexity index is 904. The van der Waals surface area contributed by atoms with Crippen LogP contribution in [-0.2, 0) is 0 Å². The average Bonchev–Trinajstić information content (AvgIpc) is 3.44. The zero-order chi connectivity index (χ0) is 26.1. The van der Waals surface area contributed by atoms with E-state index in [0.717, 1.165) is 68.6 Å². The van der Waals surface area contributed by atoms with E-state index in [0.29, 0.717) is 11.8 Å². The minimum atomic E-state index is -0.0367. The quantitative estimate of drug-likeness (QED) is 0.163. The van der Waals surface area contributed by atoms with Crippen LogP contribution >= 0.6 is 95.9 Å². The van der Waals surface area contributed by atoms with Gasteiger partial charge in [0.25, 0.3) is 0 Å². The topological polar surface area (TPSA) is 6.48 Å². The molecule has 2 unspecified atom stereocenters. The lowest BCUT2D eigenvalue weighted by Crippen LogP contribution is -2.53. The Morgan fingerprint density at radius 2 is 1.11 bits per heavy atom. The molecule has 198 valence electrons. The predicted molar refractivity (Wildman–Crippen MR) is 183 cm³/mol. The van der Waals surface area contributed by atoms with Crippen molar-refractivity contribution in [3.05, 3.63) is 22.0 Å². The van der Waals surface area contributed by atoms with Crippen molar-refractivity contribution in [2.45, 2.75) is 64.5 Å². The first-order valence-corrected chi connectivity index (χ1v) is 18.5. The van der Waals surface area contributed by atoms with Gasteiger partial charge in [-0.25, -0.2) is 0 Å². The molecule has 4 aliphatic rings. The number of thioether (sulfide) groups is 4. The Hall–Kier alpha value is 0.840. The molecule has 4 aliphatic heterocycles. The van der Waals surface area contributed by atoms with Gasteiger partial charge in [-0.05, 0) is 98.4 Å². The molecule has 0 aromatic heterocycles. The van der Waals surface area contributed by atoms with Gasteiger partial charge in [0.05, 0.1) is 9.98 Å². The van der Waals surface area contributed by atoms with Crippen molar-refractivity contribution in [2.75, 3.05) is 34.5 Å². The first kappa shape index (κ1) is 29.8. The van der Waals surface area contributed by atoms with E-state index in [1.165, 1.54) is 21.3 Å². The Labute approximate surface area is 256 Å². The molecule has 2 fully saturated rings. The van der Waals surface area contributed by atoms with Crippen LogP contribution in [0.3, 0.4) is 0 Å². The van der Waals surface area contributed by atoms with Gasteiger partial charge in [-0.15, -0.1) is 23.5 Å². The second-order valence-electron chi connectivity index (χ2n) is 10.8. The molecule has 0 aromatic carbocycles. The molecule has 0 saturated carbocycles. The van der Waals surface area contributed by atoms with E-state index in [2.05, 4.69) is 49.6 Å². The van der Waals surface area contributed by atoms with Gasteiger partial charge in [-0.2, -0.15) is 23.5 Å². The minimum absolute atomic E-state index is 0.0367. The second-order valence-corrected chi connectivity index (χ2v) is 17.3. The highest BCUT2D eigenvalue weighted by atomic mass is 32.2. The van der Waals surface area contributed by atoms with Gasteiger partial charge in [0.15, 0.2) is 0 Å². The van der Waals surface area contributed by atoms with Crippen LogP contribution in [-0.4, -0.2) is 75.3 Å². The number of hydrogen-bond acceptors (Lipinski definition) is 8. The number of hydrogen-bond donors (Lipinski definition) is 0. The van der Waals surface area contributed by atoms with Crippen molar-refractivity contribution >= 4 is 116 Å². The van der Waals surface area contributed by atoms with Crippen molar-refractivity contribution < 1.29 is 0 Å². The molecule has 0 amide bonds.